The number of carbonyl (C=O) groups is 1. The number of carbonyl (C=O) groups excluding carboxylic acids is 1. The van der Waals surface area contributed by atoms with Crippen LogP contribution in [0.4, 0.5) is 5.00 Å². The summed E-state index contributed by atoms with van der Waals surface area (Å²) in [7, 11) is 1.75. The minimum Gasteiger partial charge on any atom is -0.463 e. The summed E-state index contributed by atoms with van der Waals surface area (Å²) in [5.41, 5.74) is 0. The van der Waals surface area contributed by atoms with Crippen molar-refractivity contribution in [3.63, 3.8) is 0 Å². The summed E-state index contributed by atoms with van der Waals surface area (Å²) in [6.07, 6.45) is 2.43. The maximum absolute atomic E-state index is 11.5. The third kappa shape index (κ3) is 7.81. The first-order valence-corrected chi connectivity index (χ1v) is 9.41. The molecule has 1 aliphatic heterocycles. The molecule has 0 aromatic carbocycles. The van der Waals surface area contributed by atoms with E-state index in [0.717, 1.165) is 31.9 Å². The Bertz CT molecular complexity index is 529. The van der Waals surface area contributed by atoms with E-state index in [1.54, 1.807) is 18.4 Å². The van der Waals surface area contributed by atoms with E-state index in [1.165, 1.54) is 5.00 Å². The number of ether oxygens (including phenoxy) is 1. The van der Waals surface area contributed by atoms with Crippen LogP contribution in [0.1, 0.15) is 33.1 Å². The van der Waals surface area contributed by atoms with E-state index >= 15 is 0 Å². The molecule has 0 aliphatic carbocycles. The van der Waals surface area contributed by atoms with Gasteiger partial charge in [0.2, 0.25) is 0 Å². The number of nitrogens with one attached hydrogen (secondary N) is 2. The van der Waals surface area contributed by atoms with Crippen LogP contribution in [-0.2, 0) is 9.53 Å². The Hall–Kier alpha value is -1.03. The van der Waals surface area contributed by atoms with Crippen molar-refractivity contribution < 1.29 is 9.53 Å². The molecule has 0 saturated carbocycles. The highest BCUT2D eigenvalue weighted by molar-refractivity contribution is 14.0. The summed E-state index contributed by atoms with van der Waals surface area (Å²) in [4.78, 5) is 18.2. The number of guanidine groups is 1. The Morgan fingerprint density at radius 1 is 1.44 bits per heavy atom. The van der Waals surface area contributed by atoms with Gasteiger partial charge in [-0.2, -0.15) is 0 Å². The van der Waals surface area contributed by atoms with Gasteiger partial charge in [-0.15, -0.1) is 35.3 Å². The largest absolute Gasteiger partial charge is 0.463 e. The van der Waals surface area contributed by atoms with Gasteiger partial charge in [-0.05, 0) is 44.2 Å². The number of esters is 1. The SMILES string of the molecule is CN=C(NCCC(=O)OC(C)C)NC1CCN(c2cccs2)CC1.I. The average Bonchev–Trinajstić information content (AvgIpc) is 3.08. The number of anilines is 1. The molecule has 1 aromatic heterocycles. The molecule has 2 N–H and O–H groups in total. The number of hydrogen-bond donors (Lipinski definition) is 2. The van der Waals surface area contributed by atoms with Gasteiger partial charge in [-0.25, -0.2) is 0 Å². The molecule has 1 fully saturated rings. The Labute approximate surface area is 171 Å². The maximum atomic E-state index is 11.5. The van der Waals surface area contributed by atoms with Crippen molar-refractivity contribution in [1.29, 1.82) is 0 Å². The highest BCUT2D eigenvalue weighted by Gasteiger charge is 2.20. The molecule has 0 spiro atoms. The van der Waals surface area contributed by atoms with Crippen LogP contribution in [0.25, 0.3) is 0 Å². The van der Waals surface area contributed by atoms with Crippen LogP contribution in [0.15, 0.2) is 22.5 Å². The second-order valence-electron chi connectivity index (χ2n) is 6.14. The second-order valence-corrected chi connectivity index (χ2v) is 7.07. The summed E-state index contributed by atoms with van der Waals surface area (Å²) < 4.78 is 5.12. The lowest BCUT2D eigenvalue weighted by Gasteiger charge is -2.33. The second kappa shape index (κ2) is 11.6. The zero-order valence-corrected chi connectivity index (χ0v) is 18.3. The van der Waals surface area contributed by atoms with E-state index in [-0.39, 0.29) is 36.0 Å². The van der Waals surface area contributed by atoms with E-state index in [9.17, 15) is 4.79 Å². The average molecular weight is 480 g/mol. The molecule has 6 nitrogen and oxygen atoms in total. The number of piperidine rings is 1. The molecule has 142 valence electrons. The maximum Gasteiger partial charge on any atom is 0.307 e. The number of hydrogen-bond acceptors (Lipinski definition) is 5. The van der Waals surface area contributed by atoms with Crippen molar-refractivity contribution in [1.82, 2.24) is 10.6 Å². The normalized spacial score (nSPS) is 15.7. The van der Waals surface area contributed by atoms with Crippen molar-refractivity contribution in [2.45, 2.75) is 45.3 Å². The van der Waals surface area contributed by atoms with Gasteiger partial charge in [0, 0.05) is 32.7 Å². The lowest BCUT2D eigenvalue weighted by atomic mass is 10.1. The van der Waals surface area contributed by atoms with Crippen LogP contribution in [0.2, 0.25) is 0 Å². The van der Waals surface area contributed by atoms with Gasteiger partial charge >= 0.3 is 5.97 Å². The molecule has 0 radical (unpaired) electrons. The van der Waals surface area contributed by atoms with E-state index in [2.05, 4.69) is 38.0 Å². The summed E-state index contributed by atoms with van der Waals surface area (Å²) in [6, 6.07) is 4.69. The first-order chi connectivity index (χ1) is 11.6. The fourth-order valence-corrected chi connectivity index (χ4v) is 3.47. The van der Waals surface area contributed by atoms with Crippen LogP contribution in [-0.4, -0.2) is 50.8 Å². The highest BCUT2D eigenvalue weighted by atomic mass is 127. The number of aliphatic imine (C=N–C) groups is 1. The number of nitrogens with zero attached hydrogens (tertiary/aromatic N) is 2. The Balaban J connectivity index is 0.00000312. The zero-order valence-electron chi connectivity index (χ0n) is 15.2. The van der Waals surface area contributed by atoms with E-state index in [1.807, 2.05) is 13.8 Å². The summed E-state index contributed by atoms with van der Waals surface area (Å²) in [5.74, 6) is 0.569. The van der Waals surface area contributed by atoms with Gasteiger partial charge in [-0.3, -0.25) is 9.79 Å². The topological polar surface area (TPSA) is 66.0 Å². The predicted molar refractivity (Wildman–Crippen MR) is 115 cm³/mol. The lowest BCUT2D eigenvalue weighted by Crippen LogP contribution is -2.49. The molecular weight excluding hydrogens is 451 g/mol. The van der Waals surface area contributed by atoms with Crippen LogP contribution in [0.3, 0.4) is 0 Å². The molecule has 2 rings (SSSR count). The summed E-state index contributed by atoms with van der Waals surface area (Å²) in [6.45, 7) is 6.34. The number of rotatable bonds is 6. The summed E-state index contributed by atoms with van der Waals surface area (Å²) in [5, 5.41) is 10.1. The molecule has 25 heavy (non-hydrogen) atoms. The predicted octanol–water partition coefficient (Wildman–Crippen LogP) is 2.84. The van der Waals surface area contributed by atoms with Gasteiger partial charge in [0.25, 0.3) is 0 Å². The molecule has 0 atom stereocenters. The molecule has 1 aliphatic rings. The highest BCUT2D eigenvalue weighted by Crippen LogP contribution is 2.24. The molecule has 0 unspecified atom stereocenters. The molecule has 0 bridgehead atoms. The van der Waals surface area contributed by atoms with Crippen LogP contribution in [0.5, 0.6) is 0 Å². The van der Waals surface area contributed by atoms with Crippen LogP contribution >= 0.6 is 35.3 Å². The third-order valence-electron chi connectivity index (χ3n) is 3.87. The first kappa shape index (κ1) is 22.0. The zero-order chi connectivity index (χ0) is 17.4. The van der Waals surface area contributed by atoms with Gasteiger partial charge in [-0.1, -0.05) is 0 Å². The van der Waals surface area contributed by atoms with E-state index in [4.69, 9.17) is 4.74 Å². The van der Waals surface area contributed by atoms with Crippen molar-refractivity contribution in [3.8, 4) is 0 Å². The van der Waals surface area contributed by atoms with Gasteiger partial charge in [0.1, 0.15) is 0 Å². The number of halogens is 1. The standard InChI is InChI=1S/C17H28N4O2S.HI/c1-13(2)23-16(22)6-9-19-17(18-3)20-14-7-10-21(11-8-14)15-5-4-12-24-15;/h4-5,12-14H,6-11H2,1-3H3,(H2,18,19,20);1H. The molecule has 0 amide bonds. The molecule has 1 saturated heterocycles. The van der Waals surface area contributed by atoms with Gasteiger partial charge in [0.05, 0.1) is 17.5 Å². The van der Waals surface area contributed by atoms with Crippen LogP contribution < -0.4 is 15.5 Å². The van der Waals surface area contributed by atoms with Crippen LogP contribution in [0, 0.1) is 0 Å². The van der Waals surface area contributed by atoms with E-state index < -0.39 is 0 Å². The smallest absolute Gasteiger partial charge is 0.307 e. The minimum atomic E-state index is -0.183. The first-order valence-electron chi connectivity index (χ1n) is 8.53. The quantitative estimate of drug-likeness (QED) is 0.284. The van der Waals surface area contributed by atoms with Crippen molar-refractivity contribution in [2.24, 2.45) is 4.99 Å². The Morgan fingerprint density at radius 3 is 2.72 bits per heavy atom. The lowest BCUT2D eigenvalue weighted by molar-refractivity contribution is -0.147. The van der Waals surface area contributed by atoms with Crippen molar-refractivity contribution >= 4 is 52.2 Å². The molecule has 2 heterocycles. The fraction of sp³-hybridized carbons (Fsp3) is 0.647. The molecule has 1 aromatic rings. The van der Waals surface area contributed by atoms with E-state index in [0.29, 0.717) is 19.0 Å². The fourth-order valence-electron chi connectivity index (χ4n) is 2.69. The van der Waals surface area contributed by atoms with Gasteiger partial charge < -0.3 is 20.3 Å². The number of thiophene rings is 1. The monoisotopic (exact) mass is 480 g/mol. The molecule has 8 heteroatoms. The van der Waals surface area contributed by atoms with Crippen molar-refractivity contribution in [2.75, 3.05) is 31.6 Å². The molecular formula is C17H29IN4O2S. The summed E-state index contributed by atoms with van der Waals surface area (Å²) >= 11 is 1.79. The van der Waals surface area contributed by atoms with Gasteiger partial charge in [0.15, 0.2) is 5.96 Å². The minimum absolute atomic E-state index is 0. The third-order valence-corrected chi connectivity index (χ3v) is 4.79. The van der Waals surface area contributed by atoms with Crippen molar-refractivity contribution in [3.05, 3.63) is 17.5 Å². The Morgan fingerprint density at radius 2 is 2.16 bits per heavy atom. The Kier molecular flexibility index (Phi) is 10.2.